The molecule has 0 saturated carbocycles. The fourth-order valence-electron chi connectivity index (χ4n) is 0.879. The maximum absolute atomic E-state index is 13.0. The van der Waals surface area contributed by atoms with Crippen molar-refractivity contribution >= 4 is 17.6 Å². The van der Waals surface area contributed by atoms with Crippen molar-refractivity contribution in [2.24, 2.45) is 0 Å². The van der Waals surface area contributed by atoms with Crippen molar-refractivity contribution < 1.29 is 19.0 Å². The molecule has 70 valence electrons. The van der Waals surface area contributed by atoms with Crippen LogP contribution in [0.2, 0.25) is 0 Å². The molecule has 1 aromatic carbocycles. The Morgan fingerprint density at radius 2 is 2.31 bits per heavy atom. The van der Waals surface area contributed by atoms with E-state index in [4.69, 9.17) is 16.7 Å². The first-order valence-corrected chi connectivity index (χ1v) is 3.91. The number of benzene rings is 1. The summed E-state index contributed by atoms with van der Waals surface area (Å²) in [6.07, 6.45) is 0. The van der Waals surface area contributed by atoms with Crippen LogP contribution in [-0.4, -0.2) is 17.1 Å². The molecule has 0 aliphatic heterocycles. The van der Waals surface area contributed by atoms with Crippen molar-refractivity contribution in [3.05, 3.63) is 29.6 Å². The first kappa shape index (κ1) is 9.80. The third kappa shape index (κ3) is 2.09. The van der Waals surface area contributed by atoms with Crippen LogP contribution >= 0.6 is 11.6 Å². The second kappa shape index (κ2) is 4.09. The van der Waals surface area contributed by atoms with Crippen LogP contribution in [0.5, 0.6) is 5.75 Å². The molecule has 13 heavy (non-hydrogen) atoms. The van der Waals surface area contributed by atoms with Crippen LogP contribution in [0.4, 0.5) is 4.39 Å². The minimum absolute atomic E-state index is 0.236. The van der Waals surface area contributed by atoms with Crippen molar-refractivity contribution in [2.45, 2.75) is 0 Å². The second-order valence-corrected chi connectivity index (χ2v) is 2.39. The average Bonchev–Trinajstić information content (AvgIpc) is 2.08. The number of carbonyl (C=O) groups is 1. The summed E-state index contributed by atoms with van der Waals surface area (Å²) in [5, 5.41) is 8.63. The number of alkyl halides is 1. The normalized spacial score (nSPS) is 9.69. The lowest BCUT2D eigenvalue weighted by molar-refractivity contribution is 0.0692. The van der Waals surface area contributed by atoms with Gasteiger partial charge < -0.3 is 9.84 Å². The monoisotopic (exact) mass is 204 g/mol. The zero-order valence-corrected chi connectivity index (χ0v) is 7.21. The van der Waals surface area contributed by atoms with Gasteiger partial charge in [0, 0.05) is 0 Å². The van der Waals surface area contributed by atoms with Crippen LogP contribution in [0.1, 0.15) is 10.4 Å². The highest BCUT2D eigenvalue weighted by Gasteiger charge is 2.14. The number of carboxylic acid groups (broad SMARTS) is 1. The number of para-hydroxylation sites is 1. The molecule has 0 saturated heterocycles. The van der Waals surface area contributed by atoms with Crippen molar-refractivity contribution in [3.63, 3.8) is 0 Å². The summed E-state index contributed by atoms with van der Waals surface area (Å²) in [5.74, 6) is -2.31. The highest BCUT2D eigenvalue weighted by molar-refractivity contribution is 6.17. The number of ether oxygens (including phenoxy) is 1. The smallest absolute Gasteiger partial charge is 0.339 e. The van der Waals surface area contributed by atoms with Gasteiger partial charge in [-0.15, -0.1) is 0 Å². The molecule has 0 radical (unpaired) electrons. The lowest BCUT2D eigenvalue weighted by Gasteiger charge is -2.06. The van der Waals surface area contributed by atoms with Crippen LogP contribution < -0.4 is 4.74 Å². The summed E-state index contributed by atoms with van der Waals surface area (Å²) in [6.45, 7) is 0. The van der Waals surface area contributed by atoms with Gasteiger partial charge in [0.15, 0.2) is 17.6 Å². The lowest BCUT2D eigenvalue weighted by Crippen LogP contribution is -2.03. The summed E-state index contributed by atoms with van der Waals surface area (Å²) in [5.41, 5.74) is -0.236. The average molecular weight is 205 g/mol. The van der Waals surface area contributed by atoms with Crippen molar-refractivity contribution in [3.8, 4) is 5.75 Å². The fraction of sp³-hybridized carbons (Fsp3) is 0.125. The van der Waals surface area contributed by atoms with Crippen LogP contribution in [-0.2, 0) is 0 Å². The van der Waals surface area contributed by atoms with E-state index in [-0.39, 0.29) is 17.4 Å². The van der Waals surface area contributed by atoms with E-state index in [1.807, 2.05) is 0 Å². The van der Waals surface area contributed by atoms with Gasteiger partial charge in [-0.3, -0.25) is 0 Å². The number of rotatable bonds is 3. The summed E-state index contributed by atoms with van der Waals surface area (Å²) in [7, 11) is 0. The largest absolute Gasteiger partial charge is 0.478 e. The fourth-order valence-corrected chi connectivity index (χ4v) is 0.988. The van der Waals surface area contributed by atoms with E-state index in [1.165, 1.54) is 12.1 Å². The quantitative estimate of drug-likeness (QED) is 0.767. The Kier molecular flexibility index (Phi) is 3.08. The molecular weight excluding hydrogens is 199 g/mol. The van der Waals surface area contributed by atoms with Gasteiger partial charge in [-0.1, -0.05) is 17.7 Å². The van der Waals surface area contributed by atoms with Gasteiger partial charge >= 0.3 is 5.97 Å². The van der Waals surface area contributed by atoms with E-state index >= 15 is 0 Å². The van der Waals surface area contributed by atoms with Gasteiger partial charge in [-0.25, -0.2) is 9.18 Å². The predicted octanol–water partition coefficient (Wildman–Crippen LogP) is 2.10. The summed E-state index contributed by atoms with van der Waals surface area (Å²) in [4.78, 5) is 10.6. The van der Waals surface area contributed by atoms with E-state index in [0.717, 1.165) is 6.07 Å². The minimum Gasteiger partial charge on any atom is -0.478 e. The molecule has 3 nitrogen and oxygen atoms in total. The van der Waals surface area contributed by atoms with Crippen LogP contribution in [0.25, 0.3) is 0 Å². The number of carboxylic acids is 1. The molecule has 0 heterocycles. The molecule has 0 amide bonds. The van der Waals surface area contributed by atoms with Crippen molar-refractivity contribution in [1.29, 1.82) is 0 Å². The minimum atomic E-state index is -1.25. The summed E-state index contributed by atoms with van der Waals surface area (Å²) < 4.78 is 17.6. The van der Waals surface area contributed by atoms with Gasteiger partial charge in [-0.2, -0.15) is 0 Å². The number of aromatic carboxylic acids is 1. The third-order valence-electron chi connectivity index (χ3n) is 1.40. The van der Waals surface area contributed by atoms with Crippen LogP contribution in [0, 0.1) is 5.82 Å². The zero-order valence-electron chi connectivity index (χ0n) is 6.46. The molecule has 1 rings (SSSR count). The number of hydrogen-bond donors (Lipinski definition) is 1. The lowest BCUT2D eigenvalue weighted by atomic mass is 10.2. The Morgan fingerprint density at radius 1 is 1.62 bits per heavy atom. The first-order chi connectivity index (χ1) is 6.16. The van der Waals surface area contributed by atoms with Crippen LogP contribution in [0.15, 0.2) is 18.2 Å². The van der Waals surface area contributed by atoms with Crippen molar-refractivity contribution in [1.82, 2.24) is 0 Å². The molecule has 0 aliphatic rings. The number of halogens is 2. The maximum Gasteiger partial charge on any atom is 0.339 e. The van der Waals surface area contributed by atoms with E-state index in [9.17, 15) is 9.18 Å². The summed E-state index contributed by atoms with van der Waals surface area (Å²) >= 11 is 5.20. The molecule has 0 bridgehead atoms. The van der Waals surface area contributed by atoms with E-state index in [0.29, 0.717) is 0 Å². The Morgan fingerprint density at radius 3 is 2.85 bits per heavy atom. The molecule has 0 fully saturated rings. The molecular formula is C8H6ClFO3. The van der Waals surface area contributed by atoms with E-state index in [1.54, 1.807) is 0 Å². The maximum atomic E-state index is 13.0. The molecule has 0 aliphatic carbocycles. The van der Waals surface area contributed by atoms with Gasteiger partial charge in [0.25, 0.3) is 0 Å². The standard InChI is InChI=1S/C8H6ClFO3/c9-4-13-7-5(8(11)12)2-1-3-6(7)10/h1-3H,4H2,(H,11,12). The second-order valence-electron chi connectivity index (χ2n) is 2.18. The molecule has 0 atom stereocenters. The molecule has 0 aromatic heterocycles. The molecule has 1 aromatic rings. The first-order valence-electron chi connectivity index (χ1n) is 3.37. The Balaban J connectivity index is 3.17. The Labute approximate surface area is 78.7 Å². The van der Waals surface area contributed by atoms with Crippen LogP contribution in [0.3, 0.4) is 0 Å². The Hall–Kier alpha value is -1.29. The summed E-state index contributed by atoms with van der Waals surface area (Å²) in [6, 6.07) is 3.35. The van der Waals surface area contributed by atoms with E-state index < -0.39 is 11.8 Å². The van der Waals surface area contributed by atoms with Gasteiger partial charge in [-0.05, 0) is 12.1 Å². The predicted molar refractivity (Wildman–Crippen MR) is 44.7 cm³/mol. The highest BCUT2D eigenvalue weighted by Crippen LogP contribution is 2.22. The molecule has 0 unspecified atom stereocenters. The topological polar surface area (TPSA) is 46.5 Å². The molecule has 1 N–H and O–H groups in total. The van der Waals surface area contributed by atoms with Gasteiger partial charge in [0.1, 0.15) is 5.56 Å². The number of hydrogen-bond acceptors (Lipinski definition) is 2. The SMILES string of the molecule is O=C(O)c1cccc(F)c1OCCl. The highest BCUT2D eigenvalue weighted by atomic mass is 35.5. The van der Waals surface area contributed by atoms with Crippen molar-refractivity contribution in [2.75, 3.05) is 6.07 Å². The third-order valence-corrected chi connectivity index (χ3v) is 1.51. The Bertz CT molecular complexity index is 327. The van der Waals surface area contributed by atoms with E-state index in [2.05, 4.69) is 4.74 Å². The molecule has 0 spiro atoms. The molecule has 5 heteroatoms. The van der Waals surface area contributed by atoms with Gasteiger partial charge in [0.05, 0.1) is 0 Å². The van der Waals surface area contributed by atoms with Gasteiger partial charge in [0.2, 0.25) is 0 Å². The zero-order chi connectivity index (χ0) is 9.84.